The molecule has 0 saturated heterocycles. The average Bonchev–Trinajstić information content (AvgIpc) is 2.92. The molecule has 0 aliphatic heterocycles. The lowest BCUT2D eigenvalue weighted by Crippen LogP contribution is -2.00. The third-order valence-corrected chi connectivity index (χ3v) is 7.90. The molecule has 5 aromatic rings. The zero-order valence-electron chi connectivity index (χ0n) is 24.5. The van der Waals surface area contributed by atoms with Crippen molar-refractivity contribution < 1.29 is 30.6 Å². The van der Waals surface area contributed by atoms with Gasteiger partial charge in [-0.3, -0.25) is 4.99 Å². The first-order chi connectivity index (χ1) is 19.8. The topological polar surface area (TPSA) is 134 Å². The number of aromatic hydroxyl groups is 6. The molecular weight excluding hydrogens is 530 g/mol. The van der Waals surface area contributed by atoms with E-state index in [1.54, 1.807) is 26.0 Å². The lowest BCUT2D eigenvalue weighted by Gasteiger charge is -2.22. The fourth-order valence-corrected chi connectivity index (χ4v) is 6.02. The molecule has 0 spiro atoms. The first kappa shape index (κ1) is 28.6. The Kier molecular flexibility index (Phi) is 7.15. The second kappa shape index (κ2) is 10.5. The molecule has 0 radical (unpaired) electrons. The zero-order valence-corrected chi connectivity index (χ0v) is 24.5. The van der Waals surface area contributed by atoms with Crippen LogP contribution in [0.3, 0.4) is 0 Å². The number of fused-ring (bicyclic) bond motifs is 2. The second-order valence-corrected chi connectivity index (χ2v) is 11.4. The Bertz CT molecular complexity index is 1910. The lowest BCUT2D eigenvalue weighted by atomic mass is 9.84. The van der Waals surface area contributed by atoms with Crippen LogP contribution in [0.2, 0.25) is 0 Å². The third kappa shape index (κ3) is 4.42. The molecule has 5 aromatic carbocycles. The highest BCUT2D eigenvalue weighted by Gasteiger charge is 2.28. The lowest BCUT2D eigenvalue weighted by molar-refractivity contribution is 0.398. The Labute approximate surface area is 244 Å². The van der Waals surface area contributed by atoms with Crippen LogP contribution in [0.15, 0.2) is 53.5 Å². The highest BCUT2D eigenvalue weighted by molar-refractivity contribution is 6.13. The molecule has 7 heteroatoms. The number of rotatable bonds is 5. The highest BCUT2D eigenvalue weighted by atomic mass is 16.3. The van der Waals surface area contributed by atoms with Crippen LogP contribution in [0.1, 0.15) is 67.3 Å². The fraction of sp³-hybridized carbons (Fsp3) is 0.229. The van der Waals surface area contributed by atoms with Gasteiger partial charge in [-0.2, -0.15) is 0 Å². The van der Waals surface area contributed by atoms with Crippen molar-refractivity contribution in [3.05, 3.63) is 76.3 Å². The first-order valence-electron chi connectivity index (χ1n) is 13.9. The van der Waals surface area contributed by atoms with Gasteiger partial charge in [0.05, 0.1) is 11.3 Å². The van der Waals surface area contributed by atoms with Gasteiger partial charge in [-0.1, -0.05) is 58.0 Å². The van der Waals surface area contributed by atoms with Crippen LogP contribution < -0.4 is 0 Å². The van der Waals surface area contributed by atoms with Crippen LogP contribution in [0.25, 0.3) is 32.7 Å². The van der Waals surface area contributed by atoms with E-state index >= 15 is 0 Å². The maximum Gasteiger partial charge on any atom is 0.167 e. The molecule has 6 N–H and O–H groups in total. The zero-order chi connectivity index (χ0) is 30.6. The van der Waals surface area contributed by atoms with E-state index in [-0.39, 0.29) is 51.5 Å². The van der Waals surface area contributed by atoms with E-state index in [4.69, 9.17) is 0 Å². The molecule has 0 atom stereocenters. The summed E-state index contributed by atoms with van der Waals surface area (Å²) >= 11 is 0. The molecule has 0 bridgehead atoms. The van der Waals surface area contributed by atoms with Crippen molar-refractivity contribution >= 4 is 33.4 Å². The summed E-state index contributed by atoms with van der Waals surface area (Å²) in [6, 6.07) is 14.1. The van der Waals surface area contributed by atoms with Gasteiger partial charge in [0.15, 0.2) is 23.0 Å². The van der Waals surface area contributed by atoms with E-state index < -0.39 is 5.75 Å². The summed E-state index contributed by atoms with van der Waals surface area (Å²) < 4.78 is 0. The van der Waals surface area contributed by atoms with Crippen molar-refractivity contribution in [2.45, 2.75) is 53.4 Å². The van der Waals surface area contributed by atoms with Gasteiger partial charge < -0.3 is 30.6 Å². The average molecular weight is 566 g/mol. The number of aryl methyl sites for hydroxylation is 2. The van der Waals surface area contributed by atoms with Crippen LogP contribution in [0, 0.1) is 13.8 Å². The number of hydrogen-bond acceptors (Lipinski definition) is 7. The summed E-state index contributed by atoms with van der Waals surface area (Å²) in [5.41, 5.74) is 3.70. The van der Waals surface area contributed by atoms with E-state index in [2.05, 4.69) is 4.99 Å². The predicted octanol–water partition coefficient (Wildman–Crippen LogP) is 8.51. The quantitative estimate of drug-likeness (QED) is 0.0934. The van der Waals surface area contributed by atoms with Crippen molar-refractivity contribution in [3.8, 4) is 45.6 Å². The molecule has 7 nitrogen and oxygen atoms in total. The summed E-state index contributed by atoms with van der Waals surface area (Å²) in [5.74, 6) is -1.95. The van der Waals surface area contributed by atoms with Crippen LogP contribution in [-0.2, 0) is 0 Å². The number of aliphatic imine (C=N–C) groups is 1. The minimum Gasteiger partial charge on any atom is -0.507 e. The summed E-state index contributed by atoms with van der Waals surface area (Å²) in [6.45, 7) is 11.2. The summed E-state index contributed by atoms with van der Waals surface area (Å²) in [5, 5.41) is 68.8. The Morgan fingerprint density at radius 3 is 1.74 bits per heavy atom. The van der Waals surface area contributed by atoms with Crippen LogP contribution in [0.5, 0.6) is 34.5 Å². The van der Waals surface area contributed by atoms with Gasteiger partial charge in [-0.15, -0.1) is 0 Å². The SMILES string of the molecule is Cc1cc2c(C(C)C)c(O)c(O)cc2c(O)c1-c1c(C)cc2c(C(C)C)c(O)c(O)c(/C=N/c3ccccc3)c2c1O. The van der Waals surface area contributed by atoms with Gasteiger partial charge in [0, 0.05) is 39.2 Å². The monoisotopic (exact) mass is 565 g/mol. The third-order valence-electron chi connectivity index (χ3n) is 7.90. The minimum absolute atomic E-state index is 0.136. The Morgan fingerprint density at radius 1 is 0.595 bits per heavy atom. The van der Waals surface area contributed by atoms with Crippen LogP contribution >= 0.6 is 0 Å². The molecule has 0 aromatic heterocycles. The number of phenolic OH excluding ortho intramolecular Hbond substituents is 6. The van der Waals surface area contributed by atoms with Crippen molar-refractivity contribution in [3.63, 3.8) is 0 Å². The maximum absolute atomic E-state index is 12.0. The smallest absolute Gasteiger partial charge is 0.167 e. The fourth-order valence-electron chi connectivity index (χ4n) is 6.02. The molecule has 42 heavy (non-hydrogen) atoms. The standard InChI is InChI=1S/C35H35NO6/c1-16(2)26-21-12-18(5)28(31(38)22(21)14-25(37)33(26)40)29-19(6)13-23-27(17(3)4)35(42)32(39)24(30(23)34(29)41)15-36-20-10-8-7-9-11-20/h7-17,37-42H,1-6H3/b36-15+. The molecule has 0 fully saturated rings. The number of nitrogens with zero attached hydrogens (tertiary/aromatic N) is 1. The Morgan fingerprint density at radius 2 is 1.14 bits per heavy atom. The summed E-state index contributed by atoms with van der Waals surface area (Å²) in [4.78, 5) is 4.48. The number of phenols is 6. The van der Waals surface area contributed by atoms with E-state index in [1.807, 2.05) is 58.0 Å². The molecule has 0 unspecified atom stereocenters. The minimum atomic E-state index is -0.405. The summed E-state index contributed by atoms with van der Waals surface area (Å²) in [6.07, 6.45) is 1.42. The van der Waals surface area contributed by atoms with Gasteiger partial charge in [0.2, 0.25) is 0 Å². The maximum atomic E-state index is 12.0. The van der Waals surface area contributed by atoms with Gasteiger partial charge in [-0.25, -0.2) is 0 Å². The molecule has 216 valence electrons. The molecule has 0 aliphatic carbocycles. The highest BCUT2D eigenvalue weighted by Crippen LogP contribution is 2.53. The van der Waals surface area contributed by atoms with Crippen molar-refractivity contribution in [2.24, 2.45) is 4.99 Å². The molecule has 0 saturated carbocycles. The number of benzene rings is 5. The summed E-state index contributed by atoms with van der Waals surface area (Å²) in [7, 11) is 0. The second-order valence-electron chi connectivity index (χ2n) is 11.4. The van der Waals surface area contributed by atoms with E-state index in [9.17, 15) is 30.6 Å². The van der Waals surface area contributed by atoms with E-state index in [0.717, 1.165) is 0 Å². The molecule has 0 heterocycles. The van der Waals surface area contributed by atoms with Crippen LogP contribution in [-0.4, -0.2) is 36.9 Å². The van der Waals surface area contributed by atoms with E-state index in [0.29, 0.717) is 55.2 Å². The van der Waals surface area contributed by atoms with E-state index in [1.165, 1.54) is 12.3 Å². The number of para-hydroxylation sites is 1. The predicted molar refractivity (Wildman–Crippen MR) is 168 cm³/mol. The number of hydrogen-bond donors (Lipinski definition) is 6. The van der Waals surface area contributed by atoms with Gasteiger partial charge in [0.1, 0.15) is 11.5 Å². The van der Waals surface area contributed by atoms with Crippen molar-refractivity contribution in [1.82, 2.24) is 0 Å². The Balaban J connectivity index is 1.91. The van der Waals surface area contributed by atoms with Gasteiger partial charge in [-0.05, 0) is 65.8 Å². The molecule has 0 amide bonds. The normalized spacial score (nSPS) is 12.0. The van der Waals surface area contributed by atoms with Crippen molar-refractivity contribution in [1.29, 1.82) is 0 Å². The van der Waals surface area contributed by atoms with Crippen LogP contribution in [0.4, 0.5) is 5.69 Å². The van der Waals surface area contributed by atoms with Crippen molar-refractivity contribution in [2.75, 3.05) is 0 Å². The van der Waals surface area contributed by atoms with Gasteiger partial charge in [0.25, 0.3) is 0 Å². The molecule has 0 aliphatic rings. The molecule has 5 rings (SSSR count). The first-order valence-corrected chi connectivity index (χ1v) is 13.9. The van der Waals surface area contributed by atoms with Gasteiger partial charge >= 0.3 is 0 Å². The molecular formula is C35H35NO6. The largest absolute Gasteiger partial charge is 0.507 e. The Hall–Kier alpha value is -4.91.